The first-order chi connectivity index (χ1) is 12.3. The van der Waals surface area contributed by atoms with Crippen LogP contribution in [-0.2, 0) is 6.54 Å². The van der Waals surface area contributed by atoms with Crippen LogP contribution in [0.3, 0.4) is 0 Å². The first-order valence-electron chi connectivity index (χ1n) is 8.42. The largest absolute Gasteiger partial charge is 0.415 e. The maximum Gasteiger partial charge on any atom is 0.274 e. The number of hydrogen-bond donors (Lipinski definition) is 1. The average Bonchev–Trinajstić information content (AvgIpc) is 3.12. The molecule has 0 aliphatic carbocycles. The molecule has 1 fully saturated rings. The molecule has 1 aliphatic heterocycles. The third kappa shape index (κ3) is 3.72. The van der Waals surface area contributed by atoms with Crippen LogP contribution in [0.1, 0.15) is 5.89 Å². The SMILES string of the molecule is Brc1ccccc1-c1nnc(C[NH+]2CCN(c3cccc[nH+]3)CC2)o1. The second-order valence-corrected chi connectivity index (χ2v) is 7.00. The number of nitrogens with zero attached hydrogens (tertiary/aromatic N) is 3. The number of pyridine rings is 1. The van der Waals surface area contributed by atoms with E-state index in [4.69, 9.17) is 4.42 Å². The van der Waals surface area contributed by atoms with Crippen molar-refractivity contribution in [2.24, 2.45) is 0 Å². The number of hydrogen-bond acceptors (Lipinski definition) is 4. The summed E-state index contributed by atoms with van der Waals surface area (Å²) < 4.78 is 6.84. The summed E-state index contributed by atoms with van der Waals surface area (Å²) in [6, 6.07) is 14.1. The Morgan fingerprint density at radius 1 is 1.08 bits per heavy atom. The number of rotatable bonds is 4. The number of benzene rings is 1. The maximum atomic E-state index is 5.87. The molecule has 6 nitrogen and oxygen atoms in total. The van der Waals surface area contributed by atoms with Crippen molar-refractivity contribution in [3.8, 4) is 11.5 Å². The molecule has 2 N–H and O–H groups in total. The van der Waals surface area contributed by atoms with Crippen molar-refractivity contribution < 1.29 is 14.3 Å². The van der Waals surface area contributed by atoms with E-state index in [1.807, 2.05) is 36.5 Å². The molecule has 0 radical (unpaired) electrons. The van der Waals surface area contributed by atoms with Gasteiger partial charge in [-0.05, 0) is 34.1 Å². The molecule has 1 saturated heterocycles. The predicted octanol–water partition coefficient (Wildman–Crippen LogP) is 1.22. The zero-order chi connectivity index (χ0) is 17.1. The van der Waals surface area contributed by atoms with Gasteiger partial charge in [0.1, 0.15) is 26.2 Å². The van der Waals surface area contributed by atoms with Gasteiger partial charge in [-0.25, -0.2) is 4.98 Å². The molecule has 7 heteroatoms. The van der Waals surface area contributed by atoms with Gasteiger partial charge in [0.25, 0.3) is 11.7 Å². The van der Waals surface area contributed by atoms with Crippen molar-refractivity contribution in [2.45, 2.75) is 6.54 Å². The monoisotopic (exact) mass is 401 g/mol. The van der Waals surface area contributed by atoms with Gasteiger partial charge in [-0.1, -0.05) is 18.2 Å². The lowest BCUT2D eigenvalue weighted by Crippen LogP contribution is -3.13. The van der Waals surface area contributed by atoms with E-state index in [1.165, 1.54) is 10.7 Å². The number of aromatic amines is 1. The van der Waals surface area contributed by atoms with Crippen molar-refractivity contribution in [1.29, 1.82) is 0 Å². The Labute approximate surface area is 154 Å². The third-order valence-corrected chi connectivity index (χ3v) is 5.17. The number of halogens is 1. The first-order valence-corrected chi connectivity index (χ1v) is 9.21. The number of aromatic nitrogens is 3. The van der Waals surface area contributed by atoms with Crippen LogP contribution in [0.2, 0.25) is 0 Å². The zero-order valence-corrected chi connectivity index (χ0v) is 15.4. The van der Waals surface area contributed by atoms with Crippen LogP contribution in [0, 0.1) is 0 Å². The summed E-state index contributed by atoms with van der Waals surface area (Å²) in [6.07, 6.45) is 1.97. The third-order valence-electron chi connectivity index (χ3n) is 4.48. The minimum absolute atomic E-state index is 0.569. The van der Waals surface area contributed by atoms with Gasteiger partial charge < -0.3 is 9.32 Å². The molecule has 1 aliphatic rings. The lowest BCUT2D eigenvalue weighted by molar-refractivity contribution is -0.915. The summed E-state index contributed by atoms with van der Waals surface area (Å²) in [5.74, 6) is 2.44. The predicted molar refractivity (Wildman–Crippen MR) is 97.0 cm³/mol. The maximum absolute atomic E-state index is 5.87. The van der Waals surface area contributed by atoms with Crippen LogP contribution < -0.4 is 14.8 Å². The fourth-order valence-electron chi connectivity index (χ4n) is 3.10. The molecule has 1 aromatic carbocycles. The topological polar surface area (TPSA) is 60.7 Å². The van der Waals surface area contributed by atoms with Crippen molar-refractivity contribution in [3.63, 3.8) is 0 Å². The smallest absolute Gasteiger partial charge is 0.274 e. The highest BCUT2D eigenvalue weighted by Gasteiger charge is 2.27. The van der Waals surface area contributed by atoms with E-state index in [2.05, 4.69) is 48.1 Å². The molecule has 0 atom stereocenters. The van der Waals surface area contributed by atoms with E-state index in [-0.39, 0.29) is 0 Å². The van der Waals surface area contributed by atoms with E-state index in [1.54, 1.807) is 0 Å². The van der Waals surface area contributed by atoms with Gasteiger partial charge in [-0.15, -0.1) is 10.2 Å². The van der Waals surface area contributed by atoms with Crippen molar-refractivity contribution in [2.75, 3.05) is 31.1 Å². The van der Waals surface area contributed by atoms with Gasteiger partial charge in [-0.3, -0.25) is 4.90 Å². The Hall–Kier alpha value is -2.25. The van der Waals surface area contributed by atoms with Crippen LogP contribution in [0.15, 0.2) is 57.6 Å². The molecule has 0 amide bonds. The van der Waals surface area contributed by atoms with E-state index in [9.17, 15) is 0 Å². The molecule has 128 valence electrons. The van der Waals surface area contributed by atoms with Gasteiger partial charge in [0, 0.05) is 10.5 Å². The fraction of sp³-hybridized carbons (Fsp3) is 0.278. The van der Waals surface area contributed by atoms with Crippen LogP contribution >= 0.6 is 15.9 Å². The number of quaternary nitrogens is 1. The highest BCUT2D eigenvalue weighted by molar-refractivity contribution is 9.10. The molecule has 0 bridgehead atoms. The second-order valence-electron chi connectivity index (χ2n) is 6.14. The molecule has 0 unspecified atom stereocenters. The molecule has 0 spiro atoms. The molecule has 3 heterocycles. The minimum atomic E-state index is 0.569. The highest BCUT2D eigenvalue weighted by Crippen LogP contribution is 2.26. The van der Waals surface area contributed by atoms with Crippen LogP contribution in [-0.4, -0.2) is 36.4 Å². The molecular formula is C18H20BrN5O+2. The van der Waals surface area contributed by atoms with Crippen molar-refractivity contribution in [1.82, 2.24) is 10.2 Å². The van der Waals surface area contributed by atoms with E-state index in [0.717, 1.165) is 42.8 Å². The zero-order valence-electron chi connectivity index (χ0n) is 13.8. The number of piperazine rings is 1. The van der Waals surface area contributed by atoms with Gasteiger partial charge >= 0.3 is 0 Å². The number of nitrogens with one attached hydrogen (secondary N) is 2. The Kier molecular flexibility index (Phi) is 4.76. The van der Waals surface area contributed by atoms with Gasteiger partial charge in [0.2, 0.25) is 5.89 Å². The van der Waals surface area contributed by atoms with Crippen LogP contribution in [0.4, 0.5) is 5.82 Å². The lowest BCUT2D eigenvalue weighted by Gasteiger charge is -2.27. The molecule has 3 aromatic rings. The van der Waals surface area contributed by atoms with Gasteiger partial charge in [0.05, 0.1) is 11.8 Å². The minimum Gasteiger partial charge on any atom is -0.415 e. The van der Waals surface area contributed by atoms with Gasteiger partial charge in [0.15, 0.2) is 6.54 Å². The number of anilines is 1. The Morgan fingerprint density at radius 2 is 1.88 bits per heavy atom. The summed E-state index contributed by atoms with van der Waals surface area (Å²) in [7, 11) is 0. The number of H-pyrrole nitrogens is 1. The van der Waals surface area contributed by atoms with Crippen LogP contribution in [0.5, 0.6) is 0 Å². The molecule has 4 rings (SSSR count). The van der Waals surface area contributed by atoms with E-state index < -0.39 is 0 Å². The highest BCUT2D eigenvalue weighted by atomic mass is 79.9. The normalized spacial score (nSPS) is 15.5. The molecule has 2 aromatic heterocycles. The Morgan fingerprint density at radius 3 is 2.64 bits per heavy atom. The summed E-state index contributed by atoms with van der Waals surface area (Å²) in [4.78, 5) is 7.15. The van der Waals surface area contributed by atoms with Crippen molar-refractivity contribution in [3.05, 3.63) is 59.0 Å². The standard InChI is InChI=1S/C18H18BrN5O/c19-15-6-2-1-5-14(15)18-22-21-17(25-18)13-23-9-11-24(12-10-23)16-7-3-4-8-20-16/h1-8H,9-13H2/p+2. The summed E-state index contributed by atoms with van der Waals surface area (Å²) in [6.45, 7) is 4.90. The van der Waals surface area contributed by atoms with Crippen molar-refractivity contribution >= 4 is 21.7 Å². The summed E-state index contributed by atoms with van der Waals surface area (Å²) >= 11 is 3.53. The lowest BCUT2D eigenvalue weighted by atomic mass is 10.2. The Balaban J connectivity index is 1.37. The quantitative estimate of drug-likeness (QED) is 0.713. The Bertz CT molecular complexity index is 830. The van der Waals surface area contributed by atoms with E-state index in [0.29, 0.717) is 11.8 Å². The van der Waals surface area contributed by atoms with Gasteiger partial charge in [-0.2, -0.15) is 0 Å². The molecule has 25 heavy (non-hydrogen) atoms. The first kappa shape index (κ1) is 16.2. The molecular weight excluding hydrogens is 382 g/mol. The average molecular weight is 402 g/mol. The second kappa shape index (κ2) is 7.33. The van der Waals surface area contributed by atoms with E-state index >= 15 is 0 Å². The summed E-state index contributed by atoms with van der Waals surface area (Å²) in [5, 5.41) is 8.43. The molecule has 0 saturated carbocycles. The van der Waals surface area contributed by atoms with Crippen LogP contribution in [0.25, 0.3) is 11.5 Å². The fourth-order valence-corrected chi connectivity index (χ4v) is 3.56. The summed E-state index contributed by atoms with van der Waals surface area (Å²) in [5.41, 5.74) is 0.931.